The molecule has 0 unspecified atom stereocenters. The number of ether oxygens (including phenoxy) is 1. The largest absolute Gasteiger partial charge is 0.492 e. The monoisotopic (exact) mass is 288 g/mol. The Hall–Kier alpha value is -2.32. The van der Waals surface area contributed by atoms with Crippen molar-refractivity contribution in [3.63, 3.8) is 0 Å². The van der Waals surface area contributed by atoms with E-state index in [9.17, 15) is 4.39 Å². The van der Waals surface area contributed by atoms with Gasteiger partial charge in [-0.25, -0.2) is 4.39 Å². The smallest absolute Gasteiger partial charge is 0.135 e. The summed E-state index contributed by atoms with van der Waals surface area (Å²) in [7, 11) is 1.86. The molecule has 0 saturated carbocycles. The van der Waals surface area contributed by atoms with Crippen LogP contribution in [0.3, 0.4) is 0 Å². The number of aliphatic hydroxyl groups excluding tert-OH is 1. The first-order valence-electron chi connectivity index (χ1n) is 6.68. The minimum Gasteiger partial charge on any atom is -0.492 e. The van der Waals surface area contributed by atoms with Crippen LogP contribution in [0.25, 0.3) is 0 Å². The predicted octanol–water partition coefficient (Wildman–Crippen LogP) is 1.91. The van der Waals surface area contributed by atoms with Crippen LogP contribution < -0.4 is 4.74 Å². The molecule has 0 saturated heterocycles. The van der Waals surface area contributed by atoms with Gasteiger partial charge in [-0.3, -0.25) is 4.68 Å². The van der Waals surface area contributed by atoms with Crippen LogP contribution in [0.15, 0.2) is 30.6 Å². The second-order valence-corrected chi connectivity index (χ2v) is 4.54. The van der Waals surface area contributed by atoms with Gasteiger partial charge in [-0.15, -0.1) is 0 Å². The standard InChI is InChI=1S/C16H17FN2O2/c1-19-12-13(11-18-19)7-9-21-16-6-5-15(17)10-14(16)4-2-3-8-20/h5-6,10-12,20H,3,7-9H2,1H3. The Labute approximate surface area is 123 Å². The maximum atomic E-state index is 13.3. The van der Waals surface area contributed by atoms with E-state index >= 15 is 0 Å². The van der Waals surface area contributed by atoms with Gasteiger partial charge in [0.15, 0.2) is 0 Å². The summed E-state index contributed by atoms with van der Waals surface area (Å²) < 4.78 is 20.7. The van der Waals surface area contributed by atoms with Crippen molar-refractivity contribution in [2.75, 3.05) is 13.2 Å². The van der Waals surface area contributed by atoms with E-state index in [-0.39, 0.29) is 12.4 Å². The van der Waals surface area contributed by atoms with Crippen molar-refractivity contribution in [1.82, 2.24) is 9.78 Å². The molecule has 4 nitrogen and oxygen atoms in total. The summed E-state index contributed by atoms with van der Waals surface area (Å²) in [4.78, 5) is 0. The van der Waals surface area contributed by atoms with Gasteiger partial charge in [0.05, 0.1) is 25.0 Å². The fourth-order valence-electron chi connectivity index (χ4n) is 1.82. The number of hydrogen-bond acceptors (Lipinski definition) is 3. The van der Waals surface area contributed by atoms with E-state index in [0.717, 1.165) is 5.56 Å². The lowest BCUT2D eigenvalue weighted by Gasteiger charge is -2.07. The van der Waals surface area contributed by atoms with Crippen molar-refractivity contribution in [2.45, 2.75) is 12.8 Å². The second-order valence-electron chi connectivity index (χ2n) is 4.54. The molecule has 2 rings (SSSR count). The number of aliphatic hydroxyl groups is 1. The molecule has 0 spiro atoms. The van der Waals surface area contributed by atoms with Crippen molar-refractivity contribution < 1.29 is 14.2 Å². The molecule has 0 fully saturated rings. The molecule has 0 aliphatic heterocycles. The SMILES string of the molecule is Cn1cc(CCOc2ccc(F)cc2C#CCCO)cn1. The molecular weight excluding hydrogens is 271 g/mol. The van der Waals surface area contributed by atoms with Crippen LogP contribution in [0.5, 0.6) is 5.75 Å². The van der Waals surface area contributed by atoms with Gasteiger partial charge in [-0.05, 0) is 23.8 Å². The summed E-state index contributed by atoms with van der Waals surface area (Å²) in [5.74, 6) is 5.78. The fraction of sp³-hybridized carbons (Fsp3) is 0.312. The Kier molecular flexibility index (Phi) is 5.35. The number of aromatic nitrogens is 2. The molecule has 0 radical (unpaired) electrons. The third kappa shape index (κ3) is 4.62. The van der Waals surface area contributed by atoms with E-state index in [1.54, 1.807) is 16.9 Å². The molecule has 1 heterocycles. The number of halogens is 1. The summed E-state index contributed by atoms with van der Waals surface area (Å²) in [6.07, 6.45) is 4.78. The van der Waals surface area contributed by atoms with Gasteiger partial charge in [0, 0.05) is 26.1 Å². The highest BCUT2D eigenvalue weighted by atomic mass is 19.1. The van der Waals surface area contributed by atoms with Crippen molar-refractivity contribution in [3.8, 4) is 17.6 Å². The Morgan fingerprint density at radius 3 is 3.00 bits per heavy atom. The lowest BCUT2D eigenvalue weighted by molar-refractivity contribution is 0.305. The molecule has 1 N–H and O–H groups in total. The first-order chi connectivity index (χ1) is 10.2. The minimum atomic E-state index is -0.358. The highest BCUT2D eigenvalue weighted by Crippen LogP contribution is 2.19. The van der Waals surface area contributed by atoms with Gasteiger partial charge < -0.3 is 9.84 Å². The van der Waals surface area contributed by atoms with Gasteiger partial charge in [0.25, 0.3) is 0 Å². The van der Waals surface area contributed by atoms with E-state index in [1.165, 1.54) is 12.1 Å². The molecule has 1 aromatic heterocycles. The van der Waals surface area contributed by atoms with Crippen LogP contribution in [0, 0.1) is 17.7 Å². The quantitative estimate of drug-likeness (QED) is 0.855. The first kappa shape index (κ1) is 15.1. The molecule has 0 amide bonds. The Morgan fingerprint density at radius 1 is 1.43 bits per heavy atom. The van der Waals surface area contributed by atoms with Crippen molar-refractivity contribution >= 4 is 0 Å². The van der Waals surface area contributed by atoms with E-state index in [1.807, 2.05) is 13.2 Å². The molecule has 2 aromatic rings. The normalized spacial score (nSPS) is 10.0. The van der Waals surface area contributed by atoms with Gasteiger partial charge in [0.2, 0.25) is 0 Å². The Balaban J connectivity index is 2.00. The molecule has 5 heteroatoms. The number of aryl methyl sites for hydroxylation is 1. The highest BCUT2D eigenvalue weighted by molar-refractivity contribution is 5.46. The number of nitrogens with zero attached hydrogens (tertiary/aromatic N) is 2. The Morgan fingerprint density at radius 2 is 2.29 bits per heavy atom. The summed E-state index contributed by atoms with van der Waals surface area (Å²) in [5, 5.41) is 12.8. The zero-order valence-electron chi connectivity index (χ0n) is 11.8. The van der Waals surface area contributed by atoms with Crippen molar-refractivity contribution in [1.29, 1.82) is 0 Å². The highest BCUT2D eigenvalue weighted by Gasteiger charge is 2.04. The third-order valence-corrected chi connectivity index (χ3v) is 2.81. The summed E-state index contributed by atoms with van der Waals surface area (Å²) in [5.41, 5.74) is 1.57. The van der Waals surface area contributed by atoms with E-state index < -0.39 is 0 Å². The minimum absolute atomic E-state index is 0.0144. The van der Waals surface area contributed by atoms with Gasteiger partial charge in [-0.1, -0.05) is 11.8 Å². The van der Waals surface area contributed by atoms with Gasteiger partial charge >= 0.3 is 0 Å². The second kappa shape index (κ2) is 7.46. The lowest BCUT2D eigenvalue weighted by atomic mass is 10.2. The summed E-state index contributed by atoms with van der Waals surface area (Å²) >= 11 is 0. The van der Waals surface area contributed by atoms with Crippen LogP contribution in [0.1, 0.15) is 17.5 Å². The zero-order chi connectivity index (χ0) is 15.1. The molecule has 1 aromatic carbocycles. The van der Waals surface area contributed by atoms with E-state index in [2.05, 4.69) is 16.9 Å². The van der Waals surface area contributed by atoms with Crippen LogP contribution >= 0.6 is 0 Å². The van der Waals surface area contributed by atoms with Crippen LogP contribution in [-0.2, 0) is 13.5 Å². The molecule has 21 heavy (non-hydrogen) atoms. The maximum Gasteiger partial charge on any atom is 0.135 e. The maximum absolute atomic E-state index is 13.3. The number of hydrogen-bond donors (Lipinski definition) is 1. The average molecular weight is 288 g/mol. The summed E-state index contributed by atoms with van der Waals surface area (Å²) in [6, 6.07) is 4.25. The average Bonchev–Trinajstić information content (AvgIpc) is 2.87. The molecule has 110 valence electrons. The molecule has 0 aliphatic carbocycles. The number of rotatable bonds is 5. The molecule has 0 aliphatic rings. The lowest BCUT2D eigenvalue weighted by Crippen LogP contribution is -2.02. The fourth-order valence-corrected chi connectivity index (χ4v) is 1.82. The van der Waals surface area contributed by atoms with E-state index in [0.29, 0.717) is 30.8 Å². The van der Waals surface area contributed by atoms with Crippen molar-refractivity contribution in [2.24, 2.45) is 7.05 Å². The molecule has 0 bridgehead atoms. The first-order valence-corrected chi connectivity index (χ1v) is 6.68. The molecular formula is C16H17FN2O2. The van der Waals surface area contributed by atoms with Gasteiger partial charge in [-0.2, -0.15) is 5.10 Å². The van der Waals surface area contributed by atoms with E-state index in [4.69, 9.17) is 9.84 Å². The van der Waals surface area contributed by atoms with Gasteiger partial charge in [0.1, 0.15) is 11.6 Å². The van der Waals surface area contributed by atoms with Crippen molar-refractivity contribution in [3.05, 3.63) is 47.5 Å². The zero-order valence-corrected chi connectivity index (χ0v) is 11.8. The van der Waals surface area contributed by atoms with Crippen LogP contribution in [0.4, 0.5) is 4.39 Å². The Bertz CT molecular complexity index is 656. The predicted molar refractivity (Wildman–Crippen MR) is 77.4 cm³/mol. The number of benzene rings is 1. The van der Waals surface area contributed by atoms with Crippen LogP contribution in [-0.4, -0.2) is 28.1 Å². The summed E-state index contributed by atoms with van der Waals surface area (Å²) in [6.45, 7) is 0.450. The van der Waals surface area contributed by atoms with Crippen LogP contribution in [0.2, 0.25) is 0 Å². The third-order valence-electron chi connectivity index (χ3n) is 2.81. The topological polar surface area (TPSA) is 47.3 Å². The molecule has 0 atom stereocenters.